The SMILES string of the molecule is CC12CCC(O)C=C1CCC1C2CCC2(C)C(CO)CCC12. The third-order valence-corrected chi connectivity index (χ3v) is 8.51. The molecule has 4 aliphatic rings. The van der Waals surface area contributed by atoms with Crippen molar-refractivity contribution in [2.75, 3.05) is 6.61 Å². The van der Waals surface area contributed by atoms with Crippen molar-refractivity contribution in [2.45, 2.75) is 71.3 Å². The number of allylic oxidation sites excluding steroid dienone is 1. The number of rotatable bonds is 1. The topological polar surface area (TPSA) is 40.5 Å². The normalized spacial score (nSPS) is 54.2. The van der Waals surface area contributed by atoms with Gasteiger partial charge in [-0.3, -0.25) is 0 Å². The summed E-state index contributed by atoms with van der Waals surface area (Å²) in [4.78, 5) is 0. The number of hydrogen-bond donors (Lipinski definition) is 2. The first kappa shape index (κ1) is 15.2. The fraction of sp³-hybridized carbons (Fsp3) is 0.900. The van der Waals surface area contributed by atoms with E-state index in [9.17, 15) is 10.2 Å². The van der Waals surface area contributed by atoms with E-state index in [4.69, 9.17) is 0 Å². The summed E-state index contributed by atoms with van der Waals surface area (Å²) in [5.74, 6) is 3.04. The van der Waals surface area contributed by atoms with Crippen LogP contribution in [0.2, 0.25) is 0 Å². The van der Waals surface area contributed by atoms with Crippen LogP contribution >= 0.6 is 0 Å². The predicted octanol–water partition coefficient (Wildman–Crippen LogP) is 3.92. The number of hydrogen-bond acceptors (Lipinski definition) is 2. The van der Waals surface area contributed by atoms with Crippen molar-refractivity contribution in [2.24, 2.45) is 34.5 Å². The predicted molar refractivity (Wildman–Crippen MR) is 88.3 cm³/mol. The molecule has 3 fully saturated rings. The van der Waals surface area contributed by atoms with Crippen molar-refractivity contribution >= 4 is 0 Å². The molecule has 0 saturated heterocycles. The van der Waals surface area contributed by atoms with Gasteiger partial charge in [-0.05, 0) is 85.9 Å². The highest BCUT2D eigenvalue weighted by Gasteiger charge is 2.58. The Morgan fingerprint density at radius 1 is 1.05 bits per heavy atom. The second-order valence-electron chi connectivity index (χ2n) is 9.13. The van der Waals surface area contributed by atoms with Crippen LogP contribution in [0.25, 0.3) is 0 Å². The fourth-order valence-electron chi connectivity index (χ4n) is 7.12. The molecule has 0 aromatic rings. The lowest BCUT2D eigenvalue weighted by molar-refractivity contribution is -0.0615. The Labute approximate surface area is 135 Å². The molecule has 3 saturated carbocycles. The first-order valence-corrected chi connectivity index (χ1v) is 9.49. The van der Waals surface area contributed by atoms with Gasteiger partial charge in [0.15, 0.2) is 0 Å². The van der Waals surface area contributed by atoms with E-state index in [2.05, 4.69) is 19.9 Å². The third-order valence-electron chi connectivity index (χ3n) is 8.51. The highest BCUT2D eigenvalue weighted by molar-refractivity contribution is 5.25. The molecule has 124 valence electrons. The highest BCUT2D eigenvalue weighted by Crippen LogP contribution is 2.66. The van der Waals surface area contributed by atoms with Crippen molar-refractivity contribution in [3.63, 3.8) is 0 Å². The largest absolute Gasteiger partial charge is 0.396 e. The van der Waals surface area contributed by atoms with E-state index in [1.165, 1.54) is 44.9 Å². The minimum atomic E-state index is -0.196. The Balaban J connectivity index is 1.65. The molecule has 7 atom stereocenters. The summed E-state index contributed by atoms with van der Waals surface area (Å²) in [7, 11) is 0. The molecule has 22 heavy (non-hydrogen) atoms. The van der Waals surface area contributed by atoms with Gasteiger partial charge < -0.3 is 10.2 Å². The maximum absolute atomic E-state index is 10.0. The number of aliphatic hydroxyl groups excluding tert-OH is 2. The Bertz CT molecular complexity index is 484. The van der Waals surface area contributed by atoms with Crippen LogP contribution in [0.1, 0.15) is 65.2 Å². The minimum Gasteiger partial charge on any atom is -0.396 e. The summed E-state index contributed by atoms with van der Waals surface area (Å²) in [6.07, 6.45) is 11.8. The van der Waals surface area contributed by atoms with Crippen molar-refractivity contribution in [1.82, 2.24) is 0 Å². The molecule has 2 heteroatoms. The Hall–Kier alpha value is -0.340. The van der Waals surface area contributed by atoms with Crippen LogP contribution in [-0.4, -0.2) is 22.9 Å². The summed E-state index contributed by atoms with van der Waals surface area (Å²) < 4.78 is 0. The quantitative estimate of drug-likeness (QED) is 0.721. The van der Waals surface area contributed by atoms with Crippen LogP contribution < -0.4 is 0 Å². The van der Waals surface area contributed by atoms with Gasteiger partial charge >= 0.3 is 0 Å². The molecule has 0 heterocycles. The molecule has 4 rings (SSSR count). The first-order chi connectivity index (χ1) is 10.5. The van der Waals surface area contributed by atoms with Gasteiger partial charge in [0.1, 0.15) is 0 Å². The maximum atomic E-state index is 10.0. The number of aliphatic hydroxyl groups is 2. The second-order valence-corrected chi connectivity index (χ2v) is 9.13. The Morgan fingerprint density at radius 2 is 1.86 bits per heavy atom. The van der Waals surface area contributed by atoms with Crippen LogP contribution in [0.3, 0.4) is 0 Å². The molecule has 0 bridgehead atoms. The van der Waals surface area contributed by atoms with Crippen molar-refractivity contribution < 1.29 is 10.2 Å². The molecular weight excluding hydrogens is 272 g/mol. The van der Waals surface area contributed by atoms with Crippen molar-refractivity contribution in [3.05, 3.63) is 11.6 Å². The lowest BCUT2D eigenvalue weighted by Gasteiger charge is -2.58. The van der Waals surface area contributed by atoms with E-state index in [0.717, 1.165) is 24.2 Å². The van der Waals surface area contributed by atoms with Gasteiger partial charge in [0.05, 0.1) is 6.10 Å². The Morgan fingerprint density at radius 3 is 2.64 bits per heavy atom. The summed E-state index contributed by atoms with van der Waals surface area (Å²) >= 11 is 0. The van der Waals surface area contributed by atoms with E-state index in [1.54, 1.807) is 5.57 Å². The van der Waals surface area contributed by atoms with Gasteiger partial charge in [-0.1, -0.05) is 25.5 Å². The van der Waals surface area contributed by atoms with Gasteiger partial charge in [-0.2, -0.15) is 0 Å². The zero-order valence-electron chi connectivity index (χ0n) is 14.2. The third kappa shape index (κ3) is 1.92. The van der Waals surface area contributed by atoms with Gasteiger partial charge in [0.2, 0.25) is 0 Å². The molecule has 0 radical (unpaired) electrons. The smallest absolute Gasteiger partial charge is 0.0724 e. The average molecular weight is 304 g/mol. The lowest BCUT2D eigenvalue weighted by atomic mass is 9.47. The Kier molecular flexibility index (Phi) is 3.51. The van der Waals surface area contributed by atoms with E-state index in [-0.39, 0.29) is 6.10 Å². The van der Waals surface area contributed by atoms with Crippen molar-refractivity contribution in [1.29, 1.82) is 0 Å². The van der Waals surface area contributed by atoms with Crippen LogP contribution in [0.15, 0.2) is 11.6 Å². The van der Waals surface area contributed by atoms with Crippen LogP contribution in [-0.2, 0) is 0 Å². The van der Waals surface area contributed by atoms with Gasteiger partial charge in [0, 0.05) is 6.61 Å². The van der Waals surface area contributed by atoms with E-state index in [1.807, 2.05) is 0 Å². The summed E-state index contributed by atoms with van der Waals surface area (Å²) in [5.41, 5.74) is 2.30. The zero-order valence-corrected chi connectivity index (χ0v) is 14.2. The van der Waals surface area contributed by atoms with Gasteiger partial charge in [-0.25, -0.2) is 0 Å². The molecule has 2 nitrogen and oxygen atoms in total. The van der Waals surface area contributed by atoms with E-state index in [0.29, 0.717) is 23.4 Å². The van der Waals surface area contributed by atoms with Crippen molar-refractivity contribution in [3.8, 4) is 0 Å². The average Bonchev–Trinajstić information content (AvgIpc) is 2.84. The molecule has 2 N–H and O–H groups in total. The summed E-state index contributed by atoms with van der Waals surface area (Å²) in [6, 6.07) is 0. The monoisotopic (exact) mass is 304 g/mol. The lowest BCUT2D eigenvalue weighted by Crippen LogP contribution is -2.50. The number of fused-ring (bicyclic) bond motifs is 5. The van der Waals surface area contributed by atoms with Crippen LogP contribution in [0.5, 0.6) is 0 Å². The molecule has 0 aromatic heterocycles. The minimum absolute atomic E-state index is 0.196. The van der Waals surface area contributed by atoms with Crippen LogP contribution in [0.4, 0.5) is 0 Å². The molecule has 4 aliphatic carbocycles. The second kappa shape index (κ2) is 5.08. The van der Waals surface area contributed by atoms with Gasteiger partial charge in [0.25, 0.3) is 0 Å². The zero-order chi connectivity index (χ0) is 15.5. The molecule has 7 unspecified atom stereocenters. The first-order valence-electron chi connectivity index (χ1n) is 9.49. The highest BCUT2D eigenvalue weighted by atomic mass is 16.3. The van der Waals surface area contributed by atoms with Crippen LogP contribution in [0, 0.1) is 34.5 Å². The molecule has 0 spiro atoms. The molecular formula is C20H32O2. The van der Waals surface area contributed by atoms with E-state index < -0.39 is 0 Å². The van der Waals surface area contributed by atoms with E-state index >= 15 is 0 Å². The molecule has 0 aliphatic heterocycles. The maximum Gasteiger partial charge on any atom is 0.0724 e. The fourth-order valence-corrected chi connectivity index (χ4v) is 7.12. The summed E-state index contributed by atoms with van der Waals surface area (Å²) in [6.45, 7) is 5.35. The summed E-state index contributed by atoms with van der Waals surface area (Å²) in [5, 5.41) is 19.8. The van der Waals surface area contributed by atoms with Gasteiger partial charge in [-0.15, -0.1) is 0 Å². The standard InChI is InChI=1S/C20H32O2/c1-19-9-7-15(22)11-13(19)3-5-16-17-6-4-14(12-21)20(17,2)10-8-18(16)19/h11,14-18,21-22H,3-10,12H2,1-2H3. The molecule has 0 aromatic carbocycles. The molecule has 0 amide bonds.